The Bertz CT molecular complexity index is 407. The summed E-state index contributed by atoms with van der Waals surface area (Å²) < 4.78 is 5.06. The van der Waals surface area contributed by atoms with E-state index < -0.39 is 0 Å². The van der Waals surface area contributed by atoms with Crippen molar-refractivity contribution in [2.45, 2.75) is 12.6 Å². The Hall–Kier alpha value is -1.55. The SMILES string of the molecule is O=C1OC[C@@H]2CN(Cc3ccccc3)CCN12. The molecule has 0 bridgehead atoms. The number of hydrogen-bond donors (Lipinski definition) is 0. The summed E-state index contributed by atoms with van der Waals surface area (Å²) in [4.78, 5) is 15.6. The summed E-state index contributed by atoms with van der Waals surface area (Å²) in [5.74, 6) is 0. The van der Waals surface area contributed by atoms with Gasteiger partial charge >= 0.3 is 6.09 Å². The molecule has 0 saturated carbocycles. The van der Waals surface area contributed by atoms with Crippen molar-refractivity contribution >= 4 is 6.09 Å². The van der Waals surface area contributed by atoms with Crippen molar-refractivity contribution in [2.24, 2.45) is 0 Å². The Labute approximate surface area is 101 Å². The minimum atomic E-state index is -0.144. The molecule has 17 heavy (non-hydrogen) atoms. The first-order valence-electron chi connectivity index (χ1n) is 6.02. The van der Waals surface area contributed by atoms with E-state index in [-0.39, 0.29) is 12.1 Å². The van der Waals surface area contributed by atoms with Gasteiger partial charge in [0.15, 0.2) is 0 Å². The van der Waals surface area contributed by atoms with E-state index in [1.165, 1.54) is 5.56 Å². The van der Waals surface area contributed by atoms with E-state index >= 15 is 0 Å². The third kappa shape index (κ3) is 2.13. The fraction of sp³-hybridized carbons (Fsp3) is 0.462. The molecule has 0 radical (unpaired) electrons. The van der Waals surface area contributed by atoms with Crippen molar-refractivity contribution in [1.82, 2.24) is 9.80 Å². The van der Waals surface area contributed by atoms with Crippen molar-refractivity contribution in [3.8, 4) is 0 Å². The average Bonchev–Trinajstić information content (AvgIpc) is 2.72. The molecule has 1 aromatic carbocycles. The highest BCUT2D eigenvalue weighted by Crippen LogP contribution is 2.19. The summed E-state index contributed by atoms with van der Waals surface area (Å²) in [5, 5.41) is 0. The maximum absolute atomic E-state index is 11.4. The molecule has 2 heterocycles. The lowest BCUT2D eigenvalue weighted by atomic mass is 10.1. The van der Waals surface area contributed by atoms with Crippen LogP contribution in [0, 0.1) is 0 Å². The van der Waals surface area contributed by atoms with Crippen molar-refractivity contribution in [3.05, 3.63) is 35.9 Å². The van der Waals surface area contributed by atoms with E-state index in [0.29, 0.717) is 6.61 Å². The van der Waals surface area contributed by atoms with Gasteiger partial charge in [-0.25, -0.2) is 4.79 Å². The molecular formula is C13H16N2O2. The van der Waals surface area contributed by atoms with Crippen LogP contribution in [0.15, 0.2) is 30.3 Å². The molecule has 4 heteroatoms. The molecule has 3 rings (SSSR count). The number of rotatable bonds is 2. The Balaban J connectivity index is 1.62. The third-order valence-corrected chi connectivity index (χ3v) is 3.45. The number of nitrogens with zero attached hydrogens (tertiary/aromatic N) is 2. The Morgan fingerprint density at radius 2 is 2.06 bits per heavy atom. The molecule has 0 aromatic heterocycles. The van der Waals surface area contributed by atoms with Crippen LogP contribution < -0.4 is 0 Å². The van der Waals surface area contributed by atoms with Crippen molar-refractivity contribution in [2.75, 3.05) is 26.2 Å². The molecule has 0 unspecified atom stereocenters. The van der Waals surface area contributed by atoms with Crippen LogP contribution >= 0.6 is 0 Å². The lowest BCUT2D eigenvalue weighted by Crippen LogP contribution is -2.51. The summed E-state index contributed by atoms with van der Waals surface area (Å²) in [6, 6.07) is 10.7. The molecule has 0 aliphatic carbocycles. The highest BCUT2D eigenvalue weighted by atomic mass is 16.6. The second kappa shape index (κ2) is 4.37. The maximum atomic E-state index is 11.4. The molecule has 1 amide bonds. The second-order valence-electron chi connectivity index (χ2n) is 4.64. The molecule has 2 aliphatic rings. The fourth-order valence-corrected chi connectivity index (χ4v) is 2.54. The van der Waals surface area contributed by atoms with Crippen LogP contribution in [-0.2, 0) is 11.3 Å². The average molecular weight is 232 g/mol. The van der Waals surface area contributed by atoms with Gasteiger partial charge in [0.1, 0.15) is 6.61 Å². The van der Waals surface area contributed by atoms with E-state index in [2.05, 4.69) is 29.2 Å². The van der Waals surface area contributed by atoms with E-state index in [9.17, 15) is 4.79 Å². The number of fused-ring (bicyclic) bond motifs is 1. The number of piperazine rings is 1. The lowest BCUT2D eigenvalue weighted by Gasteiger charge is -2.35. The molecule has 0 N–H and O–H groups in total. The molecule has 1 atom stereocenters. The van der Waals surface area contributed by atoms with Gasteiger partial charge in [0.25, 0.3) is 0 Å². The van der Waals surface area contributed by atoms with Gasteiger partial charge in [-0.2, -0.15) is 0 Å². The molecule has 0 spiro atoms. The number of carbonyl (C=O) groups is 1. The molecule has 2 fully saturated rings. The zero-order valence-electron chi connectivity index (χ0n) is 9.71. The molecule has 2 aliphatic heterocycles. The van der Waals surface area contributed by atoms with Crippen LogP contribution in [0.4, 0.5) is 4.79 Å². The van der Waals surface area contributed by atoms with E-state index in [1.54, 1.807) is 0 Å². The summed E-state index contributed by atoms with van der Waals surface area (Å²) in [7, 11) is 0. The third-order valence-electron chi connectivity index (χ3n) is 3.45. The quantitative estimate of drug-likeness (QED) is 0.771. The molecule has 90 valence electrons. The normalized spacial score (nSPS) is 24.6. The Kier molecular flexibility index (Phi) is 2.73. The number of amides is 1. The van der Waals surface area contributed by atoms with Crippen LogP contribution in [-0.4, -0.2) is 48.2 Å². The number of ether oxygens (including phenoxy) is 1. The van der Waals surface area contributed by atoms with Crippen LogP contribution in [0.3, 0.4) is 0 Å². The summed E-state index contributed by atoms with van der Waals surface area (Å²) in [6.07, 6.45) is -0.144. The zero-order valence-corrected chi connectivity index (χ0v) is 9.71. The largest absolute Gasteiger partial charge is 0.447 e. The molecule has 4 nitrogen and oxygen atoms in total. The predicted molar refractivity (Wildman–Crippen MR) is 63.6 cm³/mol. The van der Waals surface area contributed by atoms with Crippen LogP contribution in [0.5, 0.6) is 0 Å². The lowest BCUT2D eigenvalue weighted by molar-refractivity contribution is 0.115. The zero-order chi connectivity index (χ0) is 11.7. The first kappa shape index (κ1) is 10.6. The highest BCUT2D eigenvalue weighted by molar-refractivity contribution is 5.70. The van der Waals surface area contributed by atoms with Crippen molar-refractivity contribution in [3.63, 3.8) is 0 Å². The van der Waals surface area contributed by atoms with E-state index in [4.69, 9.17) is 4.74 Å². The van der Waals surface area contributed by atoms with Gasteiger partial charge < -0.3 is 4.74 Å². The van der Waals surface area contributed by atoms with Crippen LogP contribution in [0.2, 0.25) is 0 Å². The van der Waals surface area contributed by atoms with Crippen LogP contribution in [0.1, 0.15) is 5.56 Å². The minimum Gasteiger partial charge on any atom is -0.447 e. The Morgan fingerprint density at radius 3 is 2.88 bits per heavy atom. The second-order valence-corrected chi connectivity index (χ2v) is 4.64. The summed E-state index contributed by atoms with van der Waals surface area (Å²) >= 11 is 0. The standard InChI is InChI=1S/C13H16N2O2/c16-13-15-7-6-14(9-12(15)10-17-13)8-11-4-2-1-3-5-11/h1-5,12H,6-10H2/t12-/m0/s1. The first-order valence-corrected chi connectivity index (χ1v) is 6.02. The molecule has 1 aromatic rings. The Morgan fingerprint density at radius 1 is 1.24 bits per heavy atom. The number of cyclic esters (lactones) is 1. The van der Waals surface area contributed by atoms with Gasteiger partial charge in [-0.3, -0.25) is 9.80 Å². The fourth-order valence-electron chi connectivity index (χ4n) is 2.54. The maximum Gasteiger partial charge on any atom is 0.410 e. The number of benzene rings is 1. The van der Waals surface area contributed by atoms with Crippen molar-refractivity contribution in [1.29, 1.82) is 0 Å². The number of hydrogen-bond acceptors (Lipinski definition) is 3. The number of carbonyl (C=O) groups excluding carboxylic acids is 1. The van der Waals surface area contributed by atoms with Gasteiger partial charge in [-0.15, -0.1) is 0 Å². The predicted octanol–water partition coefficient (Wildman–Crippen LogP) is 1.32. The van der Waals surface area contributed by atoms with Gasteiger partial charge in [0.2, 0.25) is 0 Å². The van der Waals surface area contributed by atoms with Gasteiger partial charge in [-0.05, 0) is 5.56 Å². The van der Waals surface area contributed by atoms with Gasteiger partial charge in [0.05, 0.1) is 6.04 Å². The minimum absolute atomic E-state index is 0.144. The van der Waals surface area contributed by atoms with Gasteiger partial charge in [0, 0.05) is 26.2 Å². The smallest absolute Gasteiger partial charge is 0.410 e. The topological polar surface area (TPSA) is 32.8 Å². The molecular weight excluding hydrogens is 216 g/mol. The van der Waals surface area contributed by atoms with Gasteiger partial charge in [-0.1, -0.05) is 30.3 Å². The molecule has 2 saturated heterocycles. The van der Waals surface area contributed by atoms with E-state index in [0.717, 1.165) is 26.2 Å². The summed E-state index contributed by atoms with van der Waals surface area (Å²) in [5.41, 5.74) is 1.33. The van der Waals surface area contributed by atoms with Crippen molar-refractivity contribution < 1.29 is 9.53 Å². The van der Waals surface area contributed by atoms with Crippen LogP contribution in [0.25, 0.3) is 0 Å². The van der Waals surface area contributed by atoms with E-state index in [1.807, 2.05) is 11.0 Å². The first-order chi connectivity index (χ1) is 8.33. The monoisotopic (exact) mass is 232 g/mol. The summed E-state index contributed by atoms with van der Waals surface area (Å²) in [6.45, 7) is 4.14. The highest BCUT2D eigenvalue weighted by Gasteiger charge is 2.37.